The second-order valence-electron chi connectivity index (χ2n) is 6.99. The van der Waals surface area contributed by atoms with Crippen LogP contribution in [0.1, 0.15) is 11.6 Å². The van der Waals surface area contributed by atoms with Gasteiger partial charge in [0.1, 0.15) is 11.5 Å². The van der Waals surface area contributed by atoms with Crippen molar-refractivity contribution in [3.8, 4) is 28.6 Å². The molecular weight excluding hydrogens is 462 g/mol. The summed E-state index contributed by atoms with van der Waals surface area (Å²) in [5, 5.41) is 14.2. The minimum absolute atomic E-state index is 0.380. The second kappa shape index (κ2) is 9.51. The van der Waals surface area contributed by atoms with Gasteiger partial charge in [-0.2, -0.15) is 4.98 Å². The first-order valence-electron chi connectivity index (χ1n) is 10.0. The van der Waals surface area contributed by atoms with Crippen LogP contribution in [0.2, 0.25) is 5.02 Å². The molecule has 0 saturated heterocycles. The Labute approximate surface area is 198 Å². The summed E-state index contributed by atoms with van der Waals surface area (Å²) in [6.45, 7) is 0.478. The average molecular weight is 480 g/mol. The van der Waals surface area contributed by atoms with Crippen LogP contribution in [0.25, 0.3) is 22.8 Å². The second-order valence-corrected chi connectivity index (χ2v) is 8.34. The van der Waals surface area contributed by atoms with E-state index in [2.05, 4.69) is 20.3 Å². The number of rotatable bonds is 8. The van der Waals surface area contributed by atoms with Gasteiger partial charge in [-0.05, 0) is 36.4 Å². The predicted molar refractivity (Wildman–Crippen MR) is 124 cm³/mol. The molecule has 3 aromatic heterocycles. The lowest BCUT2D eigenvalue weighted by Gasteiger charge is -2.09. The van der Waals surface area contributed by atoms with Crippen molar-refractivity contribution in [2.75, 3.05) is 7.11 Å². The highest BCUT2D eigenvalue weighted by Crippen LogP contribution is 2.30. The molecule has 0 radical (unpaired) electrons. The molecule has 5 aromatic rings. The van der Waals surface area contributed by atoms with Crippen LogP contribution in [0.15, 0.2) is 81.0 Å². The number of hydrogen-bond acceptors (Lipinski definition) is 8. The zero-order chi connectivity index (χ0) is 22.6. The van der Waals surface area contributed by atoms with Crippen molar-refractivity contribution in [2.24, 2.45) is 0 Å². The highest BCUT2D eigenvalue weighted by molar-refractivity contribution is 7.98. The first-order valence-corrected chi connectivity index (χ1v) is 11.4. The fourth-order valence-corrected chi connectivity index (χ4v) is 4.26. The molecule has 0 unspecified atom stereocenters. The minimum atomic E-state index is 0.380. The molecule has 33 heavy (non-hydrogen) atoms. The number of thioether (sulfide) groups is 1. The molecule has 10 heteroatoms. The van der Waals surface area contributed by atoms with E-state index in [1.54, 1.807) is 19.4 Å². The van der Waals surface area contributed by atoms with Crippen molar-refractivity contribution in [1.29, 1.82) is 0 Å². The van der Waals surface area contributed by atoms with Gasteiger partial charge in [0.15, 0.2) is 16.8 Å². The van der Waals surface area contributed by atoms with Gasteiger partial charge in [-0.3, -0.25) is 4.57 Å². The number of benzene rings is 2. The molecule has 0 N–H and O–H groups in total. The Morgan fingerprint density at radius 2 is 1.97 bits per heavy atom. The summed E-state index contributed by atoms with van der Waals surface area (Å²) in [4.78, 5) is 4.47. The molecule has 0 atom stereocenters. The summed E-state index contributed by atoms with van der Waals surface area (Å²) in [5.74, 6) is 3.60. The molecule has 0 aliphatic heterocycles. The zero-order valence-corrected chi connectivity index (χ0v) is 19.1. The summed E-state index contributed by atoms with van der Waals surface area (Å²) >= 11 is 7.70. The van der Waals surface area contributed by atoms with Crippen molar-refractivity contribution < 1.29 is 13.7 Å². The van der Waals surface area contributed by atoms with Gasteiger partial charge >= 0.3 is 0 Å². The number of halogens is 1. The van der Waals surface area contributed by atoms with E-state index in [1.165, 1.54) is 11.8 Å². The maximum absolute atomic E-state index is 6.24. The van der Waals surface area contributed by atoms with E-state index in [4.69, 9.17) is 25.3 Å². The molecule has 166 valence electrons. The van der Waals surface area contributed by atoms with Gasteiger partial charge in [0.05, 0.1) is 36.3 Å². The number of ether oxygens (including phenoxy) is 1. The Bertz CT molecular complexity index is 1370. The van der Waals surface area contributed by atoms with E-state index in [0.717, 1.165) is 17.1 Å². The highest BCUT2D eigenvalue weighted by Gasteiger charge is 2.18. The van der Waals surface area contributed by atoms with Gasteiger partial charge in [0.2, 0.25) is 0 Å². The Balaban J connectivity index is 1.41. The van der Waals surface area contributed by atoms with Crippen molar-refractivity contribution in [3.05, 3.63) is 83.5 Å². The van der Waals surface area contributed by atoms with Crippen LogP contribution in [-0.4, -0.2) is 32.0 Å². The number of methoxy groups -OCH3 is 1. The Kier molecular flexibility index (Phi) is 6.14. The fraction of sp³-hybridized carbons (Fsp3) is 0.130. The molecule has 0 fully saturated rings. The van der Waals surface area contributed by atoms with Crippen LogP contribution < -0.4 is 4.74 Å². The van der Waals surface area contributed by atoms with E-state index < -0.39 is 0 Å². The number of nitrogens with zero attached hydrogens (tertiary/aromatic N) is 5. The van der Waals surface area contributed by atoms with Crippen LogP contribution >= 0.6 is 23.4 Å². The molecule has 0 bridgehead atoms. The summed E-state index contributed by atoms with van der Waals surface area (Å²) < 4.78 is 18.3. The van der Waals surface area contributed by atoms with E-state index >= 15 is 0 Å². The maximum atomic E-state index is 6.24. The third kappa shape index (κ3) is 4.64. The van der Waals surface area contributed by atoms with Crippen LogP contribution in [0.3, 0.4) is 0 Å². The molecule has 2 aromatic carbocycles. The van der Waals surface area contributed by atoms with E-state index in [0.29, 0.717) is 45.6 Å². The molecule has 0 amide bonds. The lowest BCUT2D eigenvalue weighted by molar-refractivity contribution is 0.415. The molecule has 0 saturated carbocycles. The summed E-state index contributed by atoms with van der Waals surface area (Å²) in [7, 11) is 1.63. The fourth-order valence-electron chi connectivity index (χ4n) is 3.26. The Morgan fingerprint density at radius 1 is 1.06 bits per heavy atom. The van der Waals surface area contributed by atoms with Crippen LogP contribution in [0, 0.1) is 0 Å². The first-order chi connectivity index (χ1) is 16.2. The van der Waals surface area contributed by atoms with Gasteiger partial charge in [0, 0.05) is 5.56 Å². The summed E-state index contributed by atoms with van der Waals surface area (Å²) in [5.41, 5.74) is 1.59. The summed E-state index contributed by atoms with van der Waals surface area (Å²) in [6.07, 6.45) is 1.65. The van der Waals surface area contributed by atoms with Crippen LogP contribution in [-0.2, 0) is 12.3 Å². The van der Waals surface area contributed by atoms with E-state index in [1.807, 2.05) is 59.2 Å². The molecule has 0 aliphatic carbocycles. The standard InChI is InChI=1S/C23H18ClN5O3S/c1-30-16-7-4-6-15(12-16)21-26-27-23(29(21)13-17-8-5-11-31-17)33-14-20-25-22(32-28-20)18-9-2-3-10-19(18)24/h2-12H,13-14H2,1H3. The molecule has 3 heterocycles. The smallest absolute Gasteiger partial charge is 0.259 e. The predicted octanol–water partition coefficient (Wildman–Crippen LogP) is 5.59. The number of aromatic nitrogens is 5. The van der Waals surface area contributed by atoms with Gasteiger partial charge in [-0.1, -0.05) is 52.8 Å². The number of furan rings is 1. The van der Waals surface area contributed by atoms with Crippen molar-refractivity contribution >= 4 is 23.4 Å². The summed E-state index contributed by atoms with van der Waals surface area (Å²) in [6, 6.07) is 18.8. The van der Waals surface area contributed by atoms with Crippen molar-refractivity contribution in [3.63, 3.8) is 0 Å². The third-order valence-corrected chi connectivity index (χ3v) is 6.13. The molecule has 0 aliphatic rings. The highest BCUT2D eigenvalue weighted by atomic mass is 35.5. The topological polar surface area (TPSA) is 92.0 Å². The lowest BCUT2D eigenvalue weighted by Crippen LogP contribution is -2.03. The molecular formula is C23H18ClN5O3S. The van der Waals surface area contributed by atoms with E-state index in [9.17, 15) is 0 Å². The van der Waals surface area contributed by atoms with Crippen molar-refractivity contribution in [2.45, 2.75) is 17.5 Å². The Hall–Kier alpha value is -3.56. The monoisotopic (exact) mass is 479 g/mol. The SMILES string of the molecule is COc1cccc(-c2nnc(SCc3noc(-c4ccccc4Cl)n3)n2Cc2ccco2)c1. The average Bonchev–Trinajstić information content (AvgIpc) is 3.60. The molecule has 5 rings (SSSR count). The largest absolute Gasteiger partial charge is 0.497 e. The van der Waals surface area contributed by atoms with Gasteiger partial charge in [0.25, 0.3) is 5.89 Å². The normalized spacial score (nSPS) is 11.1. The van der Waals surface area contributed by atoms with Crippen molar-refractivity contribution in [1.82, 2.24) is 24.9 Å². The minimum Gasteiger partial charge on any atom is -0.497 e. The Morgan fingerprint density at radius 3 is 2.79 bits per heavy atom. The molecule has 0 spiro atoms. The quantitative estimate of drug-likeness (QED) is 0.266. The maximum Gasteiger partial charge on any atom is 0.259 e. The lowest BCUT2D eigenvalue weighted by atomic mass is 10.2. The zero-order valence-electron chi connectivity index (χ0n) is 17.5. The van der Waals surface area contributed by atoms with Gasteiger partial charge in [-0.15, -0.1) is 10.2 Å². The molecule has 8 nitrogen and oxygen atoms in total. The van der Waals surface area contributed by atoms with E-state index in [-0.39, 0.29) is 0 Å². The first kappa shape index (κ1) is 21.3. The van der Waals surface area contributed by atoms with Gasteiger partial charge < -0.3 is 13.7 Å². The van der Waals surface area contributed by atoms with Gasteiger partial charge in [-0.25, -0.2) is 0 Å². The number of hydrogen-bond donors (Lipinski definition) is 0. The van der Waals surface area contributed by atoms with Crippen LogP contribution in [0.4, 0.5) is 0 Å². The third-order valence-electron chi connectivity index (χ3n) is 4.84. The van der Waals surface area contributed by atoms with Crippen LogP contribution in [0.5, 0.6) is 5.75 Å².